The first-order valence-electron chi connectivity index (χ1n) is 10.5. The summed E-state index contributed by atoms with van der Waals surface area (Å²) in [5.41, 5.74) is 2.06. The maximum Gasteiger partial charge on any atom is 0.219 e. The normalized spacial score (nSPS) is 11.1. The number of pyridine rings is 2. The Hall–Kier alpha value is -3.61. The van der Waals surface area contributed by atoms with Gasteiger partial charge in [-0.25, -0.2) is 9.98 Å². The molecule has 7 nitrogen and oxygen atoms in total. The molecule has 0 saturated carbocycles. The van der Waals surface area contributed by atoms with Gasteiger partial charge in [0, 0.05) is 43.7 Å². The van der Waals surface area contributed by atoms with E-state index >= 15 is 0 Å². The molecule has 0 amide bonds. The van der Waals surface area contributed by atoms with Crippen molar-refractivity contribution in [3.05, 3.63) is 78.2 Å². The SMILES string of the molecule is CCNC(=NCc1ccnc(Oc2ccc(OCC)cc2)c1)NCCc1ccccn1. The lowest BCUT2D eigenvalue weighted by atomic mass is 10.2. The molecule has 0 fully saturated rings. The van der Waals surface area contributed by atoms with Gasteiger partial charge in [-0.3, -0.25) is 4.98 Å². The van der Waals surface area contributed by atoms with Crippen LogP contribution in [-0.2, 0) is 13.0 Å². The Balaban J connectivity index is 1.56. The molecular formula is C24H29N5O2. The molecule has 2 N–H and O–H groups in total. The van der Waals surface area contributed by atoms with Crippen molar-refractivity contribution in [1.29, 1.82) is 0 Å². The summed E-state index contributed by atoms with van der Waals surface area (Å²) in [5, 5.41) is 6.62. The van der Waals surface area contributed by atoms with E-state index in [9.17, 15) is 0 Å². The molecule has 1 aromatic carbocycles. The summed E-state index contributed by atoms with van der Waals surface area (Å²) in [7, 11) is 0. The summed E-state index contributed by atoms with van der Waals surface area (Å²) >= 11 is 0. The molecule has 0 bridgehead atoms. The molecule has 0 spiro atoms. The summed E-state index contributed by atoms with van der Waals surface area (Å²) in [5.74, 6) is 2.83. The number of hydrogen-bond donors (Lipinski definition) is 2. The molecule has 0 unspecified atom stereocenters. The standard InChI is InChI=1S/C24H29N5O2/c1-3-25-24(28-16-13-20-7-5-6-14-26-20)29-18-19-12-15-27-23(17-19)31-22-10-8-21(9-11-22)30-4-2/h5-12,14-15,17H,3-4,13,16,18H2,1-2H3,(H2,25,28,29). The van der Waals surface area contributed by atoms with Gasteiger partial charge in [0.25, 0.3) is 0 Å². The van der Waals surface area contributed by atoms with Crippen molar-refractivity contribution in [2.75, 3.05) is 19.7 Å². The maximum atomic E-state index is 5.87. The van der Waals surface area contributed by atoms with Crippen LogP contribution in [-0.4, -0.2) is 35.6 Å². The molecule has 2 heterocycles. The van der Waals surface area contributed by atoms with Crippen molar-refractivity contribution >= 4 is 5.96 Å². The second-order valence-corrected chi connectivity index (χ2v) is 6.70. The van der Waals surface area contributed by atoms with E-state index in [0.717, 1.165) is 42.5 Å². The Morgan fingerprint density at radius 1 is 0.935 bits per heavy atom. The van der Waals surface area contributed by atoms with E-state index < -0.39 is 0 Å². The Bertz CT molecular complexity index is 946. The first-order chi connectivity index (χ1) is 15.3. The molecule has 2 aromatic heterocycles. The Morgan fingerprint density at radius 3 is 2.52 bits per heavy atom. The van der Waals surface area contributed by atoms with E-state index in [0.29, 0.717) is 24.8 Å². The molecule has 0 aliphatic carbocycles. The van der Waals surface area contributed by atoms with Gasteiger partial charge in [0.1, 0.15) is 11.5 Å². The number of nitrogens with zero attached hydrogens (tertiary/aromatic N) is 3. The molecule has 0 radical (unpaired) electrons. The van der Waals surface area contributed by atoms with Crippen LogP contribution in [0.25, 0.3) is 0 Å². The average Bonchev–Trinajstić information content (AvgIpc) is 2.80. The van der Waals surface area contributed by atoms with Crippen molar-refractivity contribution in [2.45, 2.75) is 26.8 Å². The summed E-state index contributed by atoms with van der Waals surface area (Å²) in [4.78, 5) is 13.3. The summed E-state index contributed by atoms with van der Waals surface area (Å²) < 4.78 is 11.3. The fraction of sp³-hybridized carbons (Fsp3) is 0.292. The van der Waals surface area contributed by atoms with Crippen LogP contribution in [0.3, 0.4) is 0 Å². The van der Waals surface area contributed by atoms with Gasteiger partial charge in [0.05, 0.1) is 13.2 Å². The topological polar surface area (TPSA) is 80.7 Å². The first kappa shape index (κ1) is 22.1. The number of guanidine groups is 1. The Kier molecular flexibility index (Phi) is 8.67. The molecule has 3 aromatic rings. The third kappa shape index (κ3) is 7.62. The minimum atomic E-state index is 0.515. The Morgan fingerprint density at radius 2 is 1.77 bits per heavy atom. The van der Waals surface area contributed by atoms with Gasteiger partial charge >= 0.3 is 0 Å². The molecule has 0 aliphatic heterocycles. The number of rotatable bonds is 10. The number of benzene rings is 1. The number of nitrogens with one attached hydrogen (secondary N) is 2. The number of hydrogen-bond acceptors (Lipinski definition) is 5. The van der Waals surface area contributed by atoms with E-state index in [4.69, 9.17) is 9.47 Å². The van der Waals surface area contributed by atoms with Crippen molar-refractivity contribution < 1.29 is 9.47 Å². The minimum absolute atomic E-state index is 0.515. The van der Waals surface area contributed by atoms with Gasteiger partial charge in [-0.2, -0.15) is 0 Å². The second kappa shape index (κ2) is 12.2. The van der Waals surface area contributed by atoms with Gasteiger partial charge in [0.2, 0.25) is 5.88 Å². The zero-order valence-electron chi connectivity index (χ0n) is 18.0. The molecule has 7 heteroatoms. The number of ether oxygens (including phenoxy) is 2. The smallest absolute Gasteiger partial charge is 0.219 e. The third-order valence-corrected chi connectivity index (χ3v) is 4.32. The monoisotopic (exact) mass is 419 g/mol. The fourth-order valence-electron chi connectivity index (χ4n) is 2.86. The average molecular weight is 420 g/mol. The highest BCUT2D eigenvalue weighted by Crippen LogP contribution is 2.23. The van der Waals surface area contributed by atoms with E-state index in [2.05, 4.69) is 25.6 Å². The van der Waals surface area contributed by atoms with Gasteiger partial charge in [0.15, 0.2) is 5.96 Å². The molecule has 3 rings (SSSR count). The molecule has 0 atom stereocenters. The van der Waals surface area contributed by atoms with Gasteiger partial charge in [-0.05, 0) is 61.9 Å². The van der Waals surface area contributed by atoms with Crippen LogP contribution in [0.1, 0.15) is 25.1 Å². The van der Waals surface area contributed by atoms with Crippen molar-refractivity contribution in [3.8, 4) is 17.4 Å². The van der Waals surface area contributed by atoms with Gasteiger partial charge in [-0.15, -0.1) is 0 Å². The maximum absolute atomic E-state index is 5.87. The lowest BCUT2D eigenvalue weighted by Gasteiger charge is -2.11. The highest BCUT2D eigenvalue weighted by atomic mass is 16.5. The zero-order valence-corrected chi connectivity index (χ0v) is 18.0. The van der Waals surface area contributed by atoms with Crippen LogP contribution in [0.4, 0.5) is 0 Å². The quantitative estimate of drug-likeness (QED) is 0.382. The van der Waals surface area contributed by atoms with Gasteiger partial charge < -0.3 is 20.1 Å². The largest absolute Gasteiger partial charge is 0.494 e. The highest BCUT2D eigenvalue weighted by Gasteiger charge is 2.03. The summed E-state index contributed by atoms with van der Waals surface area (Å²) in [6.45, 7) is 6.70. The van der Waals surface area contributed by atoms with E-state index in [1.807, 2.05) is 74.6 Å². The lowest BCUT2D eigenvalue weighted by Crippen LogP contribution is -2.38. The predicted molar refractivity (Wildman–Crippen MR) is 123 cm³/mol. The van der Waals surface area contributed by atoms with Crippen molar-refractivity contribution in [1.82, 2.24) is 20.6 Å². The van der Waals surface area contributed by atoms with Crippen LogP contribution >= 0.6 is 0 Å². The van der Waals surface area contributed by atoms with Crippen LogP contribution in [0.15, 0.2) is 72.0 Å². The van der Waals surface area contributed by atoms with E-state index in [1.165, 1.54) is 0 Å². The fourth-order valence-corrected chi connectivity index (χ4v) is 2.86. The molecule has 0 saturated heterocycles. The summed E-state index contributed by atoms with van der Waals surface area (Å²) in [6, 6.07) is 17.3. The van der Waals surface area contributed by atoms with E-state index in [-0.39, 0.29) is 0 Å². The predicted octanol–water partition coefficient (Wildman–Crippen LogP) is 3.97. The van der Waals surface area contributed by atoms with Crippen LogP contribution in [0.5, 0.6) is 17.4 Å². The van der Waals surface area contributed by atoms with Gasteiger partial charge in [-0.1, -0.05) is 6.07 Å². The molecule has 31 heavy (non-hydrogen) atoms. The molecular weight excluding hydrogens is 390 g/mol. The number of aromatic nitrogens is 2. The minimum Gasteiger partial charge on any atom is -0.494 e. The summed E-state index contributed by atoms with van der Waals surface area (Å²) in [6.07, 6.45) is 4.38. The highest BCUT2D eigenvalue weighted by molar-refractivity contribution is 5.79. The Labute approximate surface area is 183 Å². The third-order valence-electron chi connectivity index (χ3n) is 4.32. The van der Waals surface area contributed by atoms with Crippen LogP contribution in [0.2, 0.25) is 0 Å². The lowest BCUT2D eigenvalue weighted by molar-refractivity contribution is 0.339. The van der Waals surface area contributed by atoms with E-state index in [1.54, 1.807) is 6.20 Å². The zero-order chi connectivity index (χ0) is 21.7. The van der Waals surface area contributed by atoms with Crippen molar-refractivity contribution in [2.24, 2.45) is 4.99 Å². The van der Waals surface area contributed by atoms with Crippen LogP contribution < -0.4 is 20.1 Å². The first-order valence-corrected chi connectivity index (χ1v) is 10.5. The van der Waals surface area contributed by atoms with Crippen LogP contribution in [0, 0.1) is 0 Å². The van der Waals surface area contributed by atoms with Crippen molar-refractivity contribution in [3.63, 3.8) is 0 Å². The molecule has 0 aliphatic rings. The second-order valence-electron chi connectivity index (χ2n) is 6.70. The number of aliphatic imine (C=N–C) groups is 1. The molecule has 162 valence electrons.